The van der Waals surface area contributed by atoms with Crippen molar-refractivity contribution in [1.82, 2.24) is 0 Å². The summed E-state index contributed by atoms with van der Waals surface area (Å²) in [5.74, 6) is 1.48. The minimum absolute atomic E-state index is 0.00357. The van der Waals surface area contributed by atoms with Gasteiger partial charge in [-0.25, -0.2) is 0 Å². The van der Waals surface area contributed by atoms with Crippen LogP contribution in [-0.2, 0) is 19.1 Å². The Labute approximate surface area is 199 Å². The molecule has 0 amide bonds. The molecule has 0 aliphatic heterocycles. The van der Waals surface area contributed by atoms with Crippen LogP contribution in [0.15, 0.2) is 0 Å². The summed E-state index contributed by atoms with van der Waals surface area (Å²) in [4.78, 5) is 24.0. The SMILES string of the molecule is CCC(CCCCCCCCCC(=O)OCCCCC(C)C)C(=O)OCCCCC(C)C. The van der Waals surface area contributed by atoms with Crippen molar-refractivity contribution >= 4 is 11.9 Å². The lowest BCUT2D eigenvalue weighted by atomic mass is 9.98. The molecule has 32 heavy (non-hydrogen) atoms. The lowest BCUT2D eigenvalue weighted by molar-refractivity contribution is -0.149. The molecule has 190 valence electrons. The fourth-order valence-corrected chi connectivity index (χ4v) is 3.89. The van der Waals surface area contributed by atoms with Crippen molar-refractivity contribution in [2.75, 3.05) is 13.2 Å². The fourth-order valence-electron chi connectivity index (χ4n) is 3.89. The Morgan fingerprint density at radius 3 is 1.59 bits per heavy atom. The van der Waals surface area contributed by atoms with Crippen LogP contribution >= 0.6 is 0 Å². The highest BCUT2D eigenvalue weighted by molar-refractivity contribution is 5.72. The van der Waals surface area contributed by atoms with E-state index in [0.717, 1.165) is 69.6 Å². The number of ether oxygens (including phenoxy) is 2. The summed E-state index contributed by atoms with van der Waals surface area (Å²) < 4.78 is 10.8. The Morgan fingerprint density at radius 1 is 0.594 bits per heavy atom. The summed E-state index contributed by atoms with van der Waals surface area (Å²) >= 11 is 0. The van der Waals surface area contributed by atoms with Crippen LogP contribution in [0.1, 0.15) is 137 Å². The van der Waals surface area contributed by atoms with E-state index in [2.05, 4.69) is 34.6 Å². The van der Waals surface area contributed by atoms with E-state index in [0.29, 0.717) is 19.6 Å². The van der Waals surface area contributed by atoms with Gasteiger partial charge in [0.2, 0.25) is 0 Å². The van der Waals surface area contributed by atoms with Crippen LogP contribution in [0.4, 0.5) is 0 Å². The van der Waals surface area contributed by atoms with Crippen molar-refractivity contribution in [1.29, 1.82) is 0 Å². The largest absolute Gasteiger partial charge is 0.466 e. The van der Waals surface area contributed by atoms with E-state index in [1.807, 2.05) is 0 Å². The summed E-state index contributed by atoms with van der Waals surface area (Å²) in [5.41, 5.74) is 0. The Morgan fingerprint density at radius 2 is 1.06 bits per heavy atom. The van der Waals surface area contributed by atoms with Crippen molar-refractivity contribution in [3.05, 3.63) is 0 Å². The number of unbranched alkanes of at least 4 members (excludes halogenated alkanes) is 8. The topological polar surface area (TPSA) is 52.6 Å². The summed E-state index contributed by atoms with van der Waals surface area (Å²) in [7, 11) is 0. The molecule has 4 heteroatoms. The van der Waals surface area contributed by atoms with Crippen molar-refractivity contribution < 1.29 is 19.1 Å². The first-order valence-corrected chi connectivity index (χ1v) is 13.7. The van der Waals surface area contributed by atoms with Gasteiger partial charge < -0.3 is 9.47 Å². The van der Waals surface area contributed by atoms with E-state index in [9.17, 15) is 9.59 Å². The maximum Gasteiger partial charge on any atom is 0.308 e. The predicted octanol–water partition coefficient (Wildman–Crippen LogP) is 8.26. The molecule has 0 fully saturated rings. The van der Waals surface area contributed by atoms with Crippen LogP contribution in [0, 0.1) is 17.8 Å². The minimum Gasteiger partial charge on any atom is -0.466 e. The molecule has 4 nitrogen and oxygen atoms in total. The number of hydrogen-bond acceptors (Lipinski definition) is 4. The first kappa shape index (κ1) is 30.9. The van der Waals surface area contributed by atoms with Gasteiger partial charge in [-0.1, -0.05) is 86.0 Å². The Balaban J connectivity index is 3.53. The average Bonchev–Trinajstić information content (AvgIpc) is 2.74. The number of carbonyl (C=O) groups excluding carboxylic acids is 2. The Hall–Kier alpha value is -1.06. The predicted molar refractivity (Wildman–Crippen MR) is 135 cm³/mol. The van der Waals surface area contributed by atoms with Gasteiger partial charge >= 0.3 is 11.9 Å². The zero-order chi connectivity index (χ0) is 24.0. The molecule has 0 radical (unpaired) electrons. The van der Waals surface area contributed by atoms with Crippen molar-refractivity contribution in [3.63, 3.8) is 0 Å². The van der Waals surface area contributed by atoms with Gasteiger partial charge in [-0.15, -0.1) is 0 Å². The monoisotopic (exact) mass is 454 g/mol. The molecule has 0 aromatic carbocycles. The maximum atomic E-state index is 12.2. The van der Waals surface area contributed by atoms with Gasteiger partial charge in [-0.3, -0.25) is 9.59 Å². The second-order valence-corrected chi connectivity index (χ2v) is 10.3. The second-order valence-electron chi connectivity index (χ2n) is 10.3. The lowest BCUT2D eigenvalue weighted by Gasteiger charge is -2.14. The number of esters is 2. The third-order valence-corrected chi connectivity index (χ3v) is 6.12. The molecule has 0 aromatic rings. The van der Waals surface area contributed by atoms with Gasteiger partial charge in [0.1, 0.15) is 0 Å². The molecule has 1 atom stereocenters. The smallest absolute Gasteiger partial charge is 0.308 e. The molecule has 0 aliphatic rings. The van der Waals surface area contributed by atoms with Gasteiger partial charge in [-0.2, -0.15) is 0 Å². The number of carbonyl (C=O) groups is 2. The molecule has 0 saturated carbocycles. The number of rotatable bonds is 22. The molecule has 0 spiro atoms. The summed E-state index contributed by atoms with van der Waals surface area (Å²) in [6, 6.07) is 0. The van der Waals surface area contributed by atoms with E-state index in [1.54, 1.807) is 0 Å². The molecule has 0 aliphatic carbocycles. The van der Waals surface area contributed by atoms with Gasteiger partial charge in [0.15, 0.2) is 0 Å². The molecular formula is C28H54O4. The highest BCUT2D eigenvalue weighted by atomic mass is 16.5. The van der Waals surface area contributed by atoms with Gasteiger partial charge in [0.05, 0.1) is 19.1 Å². The van der Waals surface area contributed by atoms with E-state index in [4.69, 9.17) is 9.47 Å². The fraction of sp³-hybridized carbons (Fsp3) is 0.929. The summed E-state index contributed by atoms with van der Waals surface area (Å²) in [6.45, 7) is 12.1. The average molecular weight is 455 g/mol. The summed E-state index contributed by atoms with van der Waals surface area (Å²) in [5, 5.41) is 0. The highest BCUT2D eigenvalue weighted by Gasteiger charge is 2.17. The molecule has 0 rings (SSSR count). The van der Waals surface area contributed by atoms with Crippen LogP contribution in [-0.4, -0.2) is 25.2 Å². The van der Waals surface area contributed by atoms with Gasteiger partial charge in [0.25, 0.3) is 0 Å². The van der Waals surface area contributed by atoms with Crippen molar-refractivity contribution in [2.24, 2.45) is 17.8 Å². The third kappa shape index (κ3) is 20.8. The van der Waals surface area contributed by atoms with E-state index in [1.165, 1.54) is 38.5 Å². The normalized spacial score (nSPS) is 12.3. The molecule has 0 bridgehead atoms. The minimum atomic E-state index is -0.0352. The molecule has 1 unspecified atom stereocenters. The van der Waals surface area contributed by atoms with Crippen molar-refractivity contribution in [2.45, 2.75) is 137 Å². The first-order chi connectivity index (χ1) is 15.4. The van der Waals surface area contributed by atoms with Gasteiger partial charge in [-0.05, 0) is 56.8 Å². The third-order valence-electron chi connectivity index (χ3n) is 6.12. The second kappa shape index (κ2) is 21.8. The molecular weight excluding hydrogens is 400 g/mol. The van der Waals surface area contributed by atoms with E-state index < -0.39 is 0 Å². The maximum absolute atomic E-state index is 12.2. The molecule has 0 aromatic heterocycles. The summed E-state index contributed by atoms with van der Waals surface area (Å²) in [6.07, 6.45) is 17.0. The van der Waals surface area contributed by atoms with Crippen molar-refractivity contribution in [3.8, 4) is 0 Å². The van der Waals surface area contributed by atoms with Crippen LogP contribution < -0.4 is 0 Å². The first-order valence-electron chi connectivity index (χ1n) is 13.7. The lowest BCUT2D eigenvalue weighted by Crippen LogP contribution is -2.17. The van der Waals surface area contributed by atoms with Crippen LogP contribution in [0.25, 0.3) is 0 Å². The molecule has 0 saturated heterocycles. The zero-order valence-electron chi connectivity index (χ0n) is 22.1. The molecule has 0 heterocycles. The highest BCUT2D eigenvalue weighted by Crippen LogP contribution is 2.18. The van der Waals surface area contributed by atoms with Gasteiger partial charge in [0, 0.05) is 6.42 Å². The van der Waals surface area contributed by atoms with Crippen LogP contribution in [0.3, 0.4) is 0 Å². The van der Waals surface area contributed by atoms with Crippen LogP contribution in [0.2, 0.25) is 0 Å². The standard InChI is InChI=1S/C28H54O4/c1-6-26(28(30)32-23-17-15-19-25(4)5)20-12-10-8-7-9-11-13-21-27(29)31-22-16-14-18-24(2)3/h24-26H,6-23H2,1-5H3. The molecule has 0 N–H and O–H groups in total. The van der Waals surface area contributed by atoms with E-state index >= 15 is 0 Å². The quantitative estimate of drug-likeness (QED) is 0.122. The Bertz CT molecular complexity index is 445. The Kier molecular flexibility index (Phi) is 21.0. The number of hydrogen-bond donors (Lipinski definition) is 0. The van der Waals surface area contributed by atoms with E-state index in [-0.39, 0.29) is 17.9 Å². The zero-order valence-corrected chi connectivity index (χ0v) is 22.1. The van der Waals surface area contributed by atoms with Crippen LogP contribution in [0.5, 0.6) is 0 Å².